The maximum absolute atomic E-state index is 11.6. The summed E-state index contributed by atoms with van der Waals surface area (Å²) in [6.45, 7) is 3.52. The van der Waals surface area contributed by atoms with Gasteiger partial charge in [-0.25, -0.2) is 0 Å². The summed E-state index contributed by atoms with van der Waals surface area (Å²) in [5, 5.41) is 12.3. The second kappa shape index (κ2) is 5.73. The fraction of sp³-hybridized carbons (Fsp3) is 0.462. The Kier molecular flexibility index (Phi) is 4.04. The minimum Gasteiger partial charge on any atom is -0.504 e. The number of nitrogens with one attached hydrogen (secondary N) is 1. The molecule has 1 amide bonds. The molecular formula is C13H18N2O3. The topological polar surface area (TPSA) is 61.6 Å². The molecule has 1 aliphatic rings. The highest BCUT2D eigenvalue weighted by Gasteiger charge is 2.17. The Morgan fingerprint density at radius 1 is 1.50 bits per heavy atom. The van der Waals surface area contributed by atoms with Crippen LogP contribution in [-0.4, -0.2) is 42.7 Å². The fourth-order valence-corrected chi connectivity index (χ4v) is 1.68. The highest BCUT2D eigenvalue weighted by atomic mass is 16.5. The summed E-state index contributed by atoms with van der Waals surface area (Å²) in [6.07, 6.45) is 0.537. The van der Waals surface area contributed by atoms with Crippen molar-refractivity contribution in [1.29, 1.82) is 0 Å². The number of nitrogens with zero attached hydrogens (tertiary/aromatic N) is 1. The number of ether oxygens (including phenoxy) is 1. The molecule has 1 heterocycles. The first-order valence-corrected chi connectivity index (χ1v) is 6.04. The van der Waals surface area contributed by atoms with E-state index in [1.54, 1.807) is 18.2 Å². The predicted octanol–water partition coefficient (Wildman–Crippen LogP) is 0.723. The number of carbonyl (C=O) groups excluding carboxylic acids is 1. The Morgan fingerprint density at radius 3 is 2.94 bits per heavy atom. The van der Waals surface area contributed by atoms with Crippen LogP contribution in [0, 0.1) is 0 Å². The van der Waals surface area contributed by atoms with Gasteiger partial charge in [-0.05, 0) is 17.7 Å². The number of aromatic hydroxyl groups is 1. The lowest BCUT2D eigenvalue weighted by Crippen LogP contribution is -2.24. The third-order valence-electron chi connectivity index (χ3n) is 2.93. The maximum Gasteiger partial charge on any atom is 0.221 e. The van der Waals surface area contributed by atoms with Gasteiger partial charge in [0, 0.05) is 32.6 Å². The Balaban J connectivity index is 1.79. The quantitative estimate of drug-likeness (QED) is 0.730. The summed E-state index contributed by atoms with van der Waals surface area (Å²) in [5.74, 6) is 0.578. The van der Waals surface area contributed by atoms with E-state index in [2.05, 4.69) is 10.2 Å². The molecule has 1 fully saturated rings. The lowest BCUT2D eigenvalue weighted by molar-refractivity contribution is -0.121. The molecule has 5 heteroatoms. The van der Waals surface area contributed by atoms with Crippen LogP contribution in [0.1, 0.15) is 12.0 Å². The monoisotopic (exact) mass is 250 g/mol. The molecule has 0 aliphatic carbocycles. The van der Waals surface area contributed by atoms with Crippen LogP contribution in [0.15, 0.2) is 18.2 Å². The Labute approximate surface area is 106 Å². The SMILES string of the molecule is COc1cc(CNC(=O)CCN2CC2)ccc1O. The molecule has 0 atom stereocenters. The van der Waals surface area contributed by atoms with E-state index < -0.39 is 0 Å². The van der Waals surface area contributed by atoms with Crippen LogP contribution in [0.3, 0.4) is 0 Å². The maximum atomic E-state index is 11.6. The van der Waals surface area contributed by atoms with E-state index in [1.807, 2.05) is 0 Å². The second-order valence-corrected chi connectivity index (χ2v) is 4.37. The summed E-state index contributed by atoms with van der Waals surface area (Å²) in [7, 11) is 1.50. The molecule has 0 radical (unpaired) electrons. The summed E-state index contributed by atoms with van der Waals surface area (Å²) >= 11 is 0. The fourth-order valence-electron chi connectivity index (χ4n) is 1.68. The van der Waals surface area contributed by atoms with E-state index in [9.17, 15) is 9.90 Å². The van der Waals surface area contributed by atoms with Crippen LogP contribution in [-0.2, 0) is 11.3 Å². The van der Waals surface area contributed by atoms with Crippen molar-refractivity contribution in [2.75, 3.05) is 26.7 Å². The molecule has 0 bridgehead atoms. The molecule has 0 saturated carbocycles. The van der Waals surface area contributed by atoms with E-state index >= 15 is 0 Å². The second-order valence-electron chi connectivity index (χ2n) is 4.37. The highest BCUT2D eigenvalue weighted by Crippen LogP contribution is 2.26. The van der Waals surface area contributed by atoms with Crippen LogP contribution in [0.25, 0.3) is 0 Å². The van der Waals surface area contributed by atoms with E-state index in [1.165, 1.54) is 7.11 Å². The zero-order valence-corrected chi connectivity index (χ0v) is 10.5. The average molecular weight is 250 g/mol. The van der Waals surface area contributed by atoms with E-state index in [0.717, 1.165) is 25.2 Å². The van der Waals surface area contributed by atoms with Gasteiger partial charge in [-0.3, -0.25) is 4.79 Å². The van der Waals surface area contributed by atoms with Gasteiger partial charge < -0.3 is 20.1 Å². The van der Waals surface area contributed by atoms with Crippen LogP contribution in [0.4, 0.5) is 0 Å². The van der Waals surface area contributed by atoms with Crippen LogP contribution < -0.4 is 10.1 Å². The number of rotatable bonds is 6. The van der Waals surface area contributed by atoms with Crippen molar-refractivity contribution in [3.63, 3.8) is 0 Å². The molecule has 98 valence electrons. The van der Waals surface area contributed by atoms with Crippen molar-refractivity contribution in [2.45, 2.75) is 13.0 Å². The number of benzene rings is 1. The van der Waals surface area contributed by atoms with E-state index in [-0.39, 0.29) is 11.7 Å². The minimum absolute atomic E-state index is 0.0499. The molecule has 0 aromatic heterocycles. The van der Waals surface area contributed by atoms with Gasteiger partial charge in [0.1, 0.15) is 0 Å². The van der Waals surface area contributed by atoms with Gasteiger partial charge in [0.15, 0.2) is 11.5 Å². The molecule has 1 aromatic rings. The summed E-state index contributed by atoms with van der Waals surface area (Å²) in [5.41, 5.74) is 0.907. The normalized spacial score (nSPS) is 14.3. The number of phenols is 1. The Morgan fingerprint density at radius 2 is 2.28 bits per heavy atom. The van der Waals surface area contributed by atoms with Crippen LogP contribution in [0.2, 0.25) is 0 Å². The van der Waals surface area contributed by atoms with E-state index in [4.69, 9.17) is 4.74 Å². The number of hydrogen-bond donors (Lipinski definition) is 2. The number of amides is 1. The molecule has 18 heavy (non-hydrogen) atoms. The summed E-state index contributed by atoms with van der Waals surface area (Å²) < 4.78 is 5.01. The van der Waals surface area contributed by atoms with Crippen molar-refractivity contribution in [2.24, 2.45) is 0 Å². The van der Waals surface area contributed by atoms with Gasteiger partial charge in [0.25, 0.3) is 0 Å². The first kappa shape index (κ1) is 12.7. The molecule has 5 nitrogen and oxygen atoms in total. The predicted molar refractivity (Wildman–Crippen MR) is 67.6 cm³/mol. The largest absolute Gasteiger partial charge is 0.504 e. The van der Waals surface area contributed by atoms with Gasteiger partial charge in [-0.1, -0.05) is 6.07 Å². The molecule has 0 unspecified atom stereocenters. The molecule has 1 saturated heterocycles. The molecular weight excluding hydrogens is 232 g/mol. The van der Waals surface area contributed by atoms with Gasteiger partial charge in [0.2, 0.25) is 5.91 Å². The van der Waals surface area contributed by atoms with Gasteiger partial charge in [-0.15, -0.1) is 0 Å². The molecule has 2 rings (SSSR count). The molecule has 2 N–H and O–H groups in total. The zero-order valence-electron chi connectivity index (χ0n) is 10.5. The van der Waals surface area contributed by atoms with Crippen molar-refractivity contribution in [3.8, 4) is 11.5 Å². The molecule has 1 aliphatic heterocycles. The van der Waals surface area contributed by atoms with Crippen LogP contribution >= 0.6 is 0 Å². The van der Waals surface area contributed by atoms with Gasteiger partial charge >= 0.3 is 0 Å². The van der Waals surface area contributed by atoms with Crippen molar-refractivity contribution >= 4 is 5.91 Å². The van der Waals surface area contributed by atoms with E-state index in [0.29, 0.717) is 18.7 Å². The van der Waals surface area contributed by atoms with Gasteiger partial charge in [0.05, 0.1) is 7.11 Å². The highest BCUT2D eigenvalue weighted by molar-refractivity contribution is 5.76. The lowest BCUT2D eigenvalue weighted by Gasteiger charge is -2.08. The van der Waals surface area contributed by atoms with Crippen molar-refractivity contribution < 1.29 is 14.6 Å². The summed E-state index contributed by atoms with van der Waals surface area (Å²) in [4.78, 5) is 13.8. The average Bonchev–Trinajstić information content (AvgIpc) is 3.19. The first-order valence-electron chi connectivity index (χ1n) is 6.04. The van der Waals surface area contributed by atoms with Gasteiger partial charge in [-0.2, -0.15) is 0 Å². The standard InChI is InChI=1S/C13H18N2O3/c1-18-12-8-10(2-3-11(12)16)9-14-13(17)4-5-15-6-7-15/h2-3,8,16H,4-7,9H2,1H3,(H,14,17). The number of phenolic OH excluding ortho intramolecular Hbond substituents is 1. The number of hydrogen-bond acceptors (Lipinski definition) is 4. The third-order valence-corrected chi connectivity index (χ3v) is 2.93. The van der Waals surface area contributed by atoms with Crippen molar-refractivity contribution in [1.82, 2.24) is 10.2 Å². The molecule has 1 aromatic carbocycles. The zero-order chi connectivity index (χ0) is 13.0. The van der Waals surface area contributed by atoms with Crippen molar-refractivity contribution in [3.05, 3.63) is 23.8 Å². The third kappa shape index (κ3) is 3.63. The Hall–Kier alpha value is -1.75. The van der Waals surface area contributed by atoms with Crippen LogP contribution in [0.5, 0.6) is 11.5 Å². The minimum atomic E-state index is 0.0499. The first-order chi connectivity index (χ1) is 8.69. The summed E-state index contributed by atoms with van der Waals surface area (Å²) in [6, 6.07) is 5.05. The number of methoxy groups -OCH3 is 1. The Bertz CT molecular complexity index is 430. The molecule has 0 spiro atoms. The smallest absolute Gasteiger partial charge is 0.221 e. The number of carbonyl (C=O) groups is 1. The lowest BCUT2D eigenvalue weighted by atomic mass is 10.2.